The fraction of sp³-hybridized carbons (Fsp3) is 0.658. The summed E-state index contributed by atoms with van der Waals surface area (Å²) >= 11 is 0. The number of carbonyl (C=O) groups is 1. The second kappa shape index (κ2) is 18.8. The first-order chi connectivity index (χ1) is 26.8. The highest BCUT2D eigenvalue weighted by Gasteiger charge is 2.54. The van der Waals surface area contributed by atoms with Crippen molar-refractivity contribution >= 4 is 26.0 Å². The molecule has 0 bridgehead atoms. The molecule has 2 saturated heterocycles. The minimum absolute atomic E-state index is 0.0655. The van der Waals surface area contributed by atoms with Crippen molar-refractivity contribution in [3.05, 3.63) is 70.1 Å². The van der Waals surface area contributed by atoms with Crippen molar-refractivity contribution in [2.45, 2.75) is 132 Å². The monoisotopic (exact) mass is 837 g/mol. The SMILES string of the molecule is CC(=O)OCC1O[C@H](O[C@@H]2C(O)C(O[C@H]3OC(CNS(=O)(=O)c4ccc(C)cc4)CCC3C)[C@@H](NS(=O)(=O)c3ccc(C)cc3)C(O)[C@H]2C)C(C)[C@@H](N=[N+]=[N-])[C@@H]1C. The summed E-state index contributed by atoms with van der Waals surface area (Å²) < 4.78 is 89.5. The van der Waals surface area contributed by atoms with E-state index in [0.717, 1.165) is 11.1 Å². The van der Waals surface area contributed by atoms with Crippen LogP contribution in [0.2, 0.25) is 0 Å². The third-order valence-corrected chi connectivity index (χ3v) is 14.2. The van der Waals surface area contributed by atoms with Crippen molar-refractivity contribution in [3.63, 3.8) is 0 Å². The molecule has 5 rings (SSSR count). The summed E-state index contributed by atoms with van der Waals surface area (Å²) in [6.45, 7) is 11.7. The van der Waals surface area contributed by atoms with E-state index in [2.05, 4.69) is 19.5 Å². The summed E-state index contributed by atoms with van der Waals surface area (Å²) in [7, 11) is -8.14. The van der Waals surface area contributed by atoms with Gasteiger partial charge < -0.3 is 33.9 Å². The zero-order chi connectivity index (χ0) is 41.8. The van der Waals surface area contributed by atoms with Crippen LogP contribution in [0.5, 0.6) is 0 Å². The molecule has 2 aliphatic heterocycles. The molecule has 57 heavy (non-hydrogen) atoms. The van der Waals surface area contributed by atoms with Gasteiger partial charge in [0.2, 0.25) is 20.0 Å². The molecule has 17 nitrogen and oxygen atoms in total. The Labute approximate surface area is 334 Å². The molecule has 4 N–H and O–H groups in total. The van der Waals surface area contributed by atoms with E-state index < -0.39 is 99.1 Å². The van der Waals surface area contributed by atoms with E-state index in [1.807, 2.05) is 20.8 Å². The summed E-state index contributed by atoms with van der Waals surface area (Å²) in [6, 6.07) is 10.5. The highest BCUT2D eigenvalue weighted by molar-refractivity contribution is 7.89. The Balaban J connectivity index is 1.41. The first-order valence-corrected chi connectivity index (χ1v) is 22.1. The first kappa shape index (κ1) is 44.9. The van der Waals surface area contributed by atoms with E-state index in [9.17, 15) is 37.4 Å². The molecule has 7 unspecified atom stereocenters. The van der Waals surface area contributed by atoms with Crippen molar-refractivity contribution in [1.29, 1.82) is 0 Å². The summed E-state index contributed by atoms with van der Waals surface area (Å²) in [5, 5.41) is 28.0. The van der Waals surface area contributed by atoms with Crippen LogP contribution in [0.15, 0.2) is 63.4 Å². The number of nitrogens with one attached hydrogen (secondary N) is 2. The minimum atomic E-state index is -4.27. The Morgan fingerprint density at radius 2 is 1.40 bits per heavy atom. The summed E-state index contributed by atoms with van der Waals surface area (Å²) in [6.07, 6.45) is -8.30. The van der Waals surface area contributed by atoms with E-state index >= 15 is 0 Å². The third kappa shape index (κ3) is 10.7. The predicted molar refractivity (Wildman–Crippen MR) is 206 cm³/mol. The molecule has 3 fully saturated rings. The molecule has 2 aromatic rings. The van der Waals surface area contributed by atoms with Gasteiger partial charge in [-0.3, -0.25) is 4.79 Å². The zero-order valence-electron chi connectivity index (χ0n) is 33.2. The first-order valence-electron chi connectivity index (χ1n) is 19.1. The maximum atomic E-state index is 13.8. The molecule has 14 atom stereocenters. The van der Waals surface area contributed by atoms with E-state index in [-0.39, 0.29) is 34.8 Å². The van der Waals surface area contributed by atoms with Crippen LogP contribution in [-0.4, -0.2) is 107 Å². The number of aryl methyl sites for hydroxylation is 2. The van der Waals surface area contributed by atoms with E-state index in [1.54, 1.807) is 45.0 Å². The van der Waals surface area contributed by atoms with Gasteiger partial charge in [-0.15, -0.1) is 0 Å². The molecule has 0 amide bonds. The molecule has 1 saturated carbocycles. The molecule has 0 aromatic heterocycles. The number of aliphatic hydroxyl groups excluding tert-OH is 2. The van der Waals surface area contributed by atoms with Gasteiger partial charge in [0.1, 0.15) is 18.8 Å². The lowest BCUT2D eigenvalue weighted by atomic mass is 9.77. The highest BCUT2D eigenvalue weighted by atomic mass is 32.2. The van der Waals surface area contributed by atoms with Crippen molar-refractivity contribution in [1.82, 2.24) is 9.44 Å². The van der Waals surface area contributed by atoms with Crippen LogP contribution >= 0.6 is 0 Å². The van der Waals surface area contributed by atoms with Gasteiger partial charge >= 0.3 is 5.97 Å². The highest BCUT2D eigenvalue weighted by Crippen LogP contribution is 2.39. The molecule has 316 valence electrons. The van der Waals surface area contributed by atoms with Gasteiger partial charge in [0.05, 0.1) is 40.2 Å². The van der Waals surface area contributed by atoms with Crippen LogP contribution in [0, 0.1) is 37.5 Å². The third-order valence-electron chi connectivity index (χ3n) is 11.3. The normalized spacial score (nSPS) is 34.9. The predicted octanol–water partition coefficient (Wildman–Crippen LogP) is 3.45. The number of nitrogens with zero attached hydrogens (tertiary/aromatic N) is 3. The standard InChI is InChI=1S/C38H55N5O12S2/c1-20-8-14-28(15-9-20)56(47,48)40-18-27-13-12-22(3)37(52-27)55-36-32(42-57(49,50)29-16-10-21(2)11-17-29)33(45)25(6)35(34(36)46)54-38-24(5)31(41-43-39)23(4)30(53-38)19-51-26(7)44/h8-11,14-17,22-25,27,30-38,40,42,45-46H,12-13,18-19H2,1-7H3/t22?,23-,24?,25-,27?,30?,31+,32+,33?,34?,35+,36?,37-,38-/m1/s1. The molecule has 0 spiro atoms. The van der Waals surface area contributed by atoms with Crippen molar-refractivity contribution < 1.29 is 55.5 Å². The number of benzene rings is 2. The number of aliphatic hydroxyl groups is 2. The number of esters is 1. The molecule has 0 radical (unpaired) electrons. The molecule has 2 heterocycles. The van der Waals surface area contributed by atoms with Gasteiger partial charge in [0.15, 0.2) is 12.6 Å². The van der Waals surface area contributed by atoms with E-state index in [4.69, 9.17) is 23.7 Å². The zero-order valence-corrected chi connectivity index (χ0v) is 34.8. The maximum absolute atomic E-state index is 13.8. The second-order valence-electron chi connectivity index (χ2n) is 15.6. The van der Waals surface area contributed by atoms with E-state index in [0.29, 0.717) is 12.8 Å². The van der Waals surface area contributed by atoms with Crippen LogP contribution in [0.3, 0.4) is 0 Å². The van der Waals surface area contributed by atoms with Gasteiger partial charge in [-0.05, 0) is 62.4 Å². The molecule has 2 aromatic carbocycles. The number of hydrogen-bond donors (Lipinski definition) is 4. The largest absolute Gasteiger partial charge is 0.463 e. The van der Waals surface area contributed by atoms with Gasteiger partial charge in [-0.1, -0.05) is 68.2 Å². The van der Waals surface area contributed by atoms with Crippen molar-refractivity contribution in [3.8, 4) is 0 Å². The maximum Gasteiger partial charge on any atom is 0.302 e. The van der Waals surface area contributed by atoms with Gasteiger partial charge in [-0.2, -0.15) is 0 Å². The quantitative estimate of drug-likeness (QED) is 0.0926. The number of rotatable bonds is 14. The molecule has 1 aliphatic carbocycles. The van der Waals surface area contributed by atoms with Crippen LogP contribution < -0.4 is 9.44 Å². The minimum Gasteiger partial charge on any atom is -0.463 e. The molecular formula is C38H55N5O12S2. The van der Waals surface area contributed by atoms with Gasteiger partial charge in [0, 0.05) is 42.2 Å². The molecule has 3 aliphatic rings. The second-order valence-corrected chi connectivity index (χ2v) is 19.1. The van der Waals surface area contributed by atoms with Crippen LogP contribution in [0.4, 0.5) is 0 Å². The Kier molecular flexibility index (Phi) is 14.8. The number of ether oxygens (including phenoxy) is 5. The van der Waals surface area contributed by atoms with Crippen LogP contribution in [0.1, 0.15) is 58.6 Å². The summed E-state index contributed by atoms with van der Waals surface area (Å²) in [5.74, 6) is -2.69. The van der Waals surface area contributed by atoms with Crippen LogP contribution in [-0.2, 0) is 48.5 Å². The summed E-state index contributed by atoms with van der Waals surface area (Å²) in [4.78, 5) is 14.7. The Morgan fingerprint density at radius 3 is 1.98 bits per heavy atom. The Morgan fingerprint density at radius 1 is 0.825 bits per heavy atom. The smallest absolute Gasteiger partial charge is 0.302 e. The molecular weight excluding hydrogens is 783 g/mol. The van der Waals surface area contributed by atoms with Gasteiger partial charge in [0.25, 0.3) is 0 Å². The lowest BCUT2D eigenvalue weighted by Crippen LogP contribution is -2.68. The Bertz CT molecular complexity index is 1950. The molecule has 19 heteroatoms. The average Bonchev–Trinajstić information content (AvgIpc) is 3.16. The van der Waals surface area contributed by atoms with E-state index in [1.165, 1.54) is 31.2 Å². The van der Waals surface area contributed by atoms with Crippen molar-refractivity contribution in [2.24, 2.45) is 28.8 Å². The number of sulfonamides is 2. The average molecular weight is 838 g/mol. The topological polar surface area (TPSA) is 245 Å². The van der Waals surface area contributed by atoms with Crippen LogP contribution in [0.25, 0.3) is 10.4 Å². The van der Waals surface area contributed by atoms with Crippen molar-refractivity contribution in [2.75, 3.05) is 13.2 Å². The fourth-order valence-electron chi connectivity index (χ4n) is 7.60. The summed E-state index contributed by atoms with van der Waals surface area (Å²) in [5.41, 5.74) is 11.1. The van der Waals surface area contributed by atoms with Gasteiger partial charge in [-0.25, -0.2) is 26.3 Å². The lowest BCUT2D eigenvalue weighted by molar-refractivity contribution is -0.314. The fourth-order valence-corrected chi connectivity index (χ4v) is 9.93. The number of azide groups is 1. The number of hydrogen-bond acceptors (Lipinski definition) is 13. The number of carbonyl (C=O) groups excluding carboxylic acids is 1. The Hall–Kier alpha value is -3.20. The lowest BCUT2D eigenvalue weighted by Gasteiger charge is -2.50.